The number of rotatable bonds is 3. The van der Waals surface area contributed by atoms with Crippen LogP contribution < -0.4 is 4.90 Å². The number of benzene rings is 1. The molecule has 0 radical (unpaired) electrons. The maximum atomic E-state index is 13.3. The molecule has 1 aliphatic heterocycles. The first kappa shape index (κ1) is 13.9. The van der Waals surface area contributed by atoms with Gasteiger partial charge < -0.3 is 9.74 Å². The summed E-state index contributed by atoms with van der Waals surface area (Å²) in [4.78, 5) is 5.87. The van der Waals surface area contributed by atoms with Gasteiger partial charge in [0.2, 0.25) is 6.54 Å². The van der Waals surface area contributed by atoms with Gasteiger partial charge in [0.05, 0.1) is 0 Å². The van der Waals surface area contributed by atoms with Crippen LogP contribution in [-0.4, -0.2) is 19.6 Å². The van der Waals surface area contributed by atoms with Gasteiger partial charge in [0.15, 0.2) is 0 Å². The van der Waals surface area contributed by atoms with Gasteiger partial charge in [-0.15, -0.1) is 0 Å². The van der Waals surface area contributed by atoms with Crippen LogP contribution in [0.4, 0.5) is 10.1 Å². The molecule has 2 nitrogen and oxygen atoms in total. The lowest BCUT2D eigenvalue weighted by Crippen LogP contribution is -2.44. The lowest BCUT2D eigenvalue weighted by Gasteiger charge is -2.42. The van der Waals surface area contributed by atoms with Crippen LogP contribution in [0.25, 0.3) is 4.85 Å². The minimum atomic E-state index is -0.181. The number of nitrogens with zero attached hydrogens (tertiary/aromatic N) is 2. The van der Waals surface area contributed by atoms with Crippen molar-refractivity contribution in [2.45, 2.75) is 26.7 Å². The van der Waals surface area contributed by atoms with Gasteiger partial charge in [-0.3, -0.25) is 0 Å². The third-order valence-electron chi connectivity index (χ3n) is 4.55. The molecule has 0 amide bonds. The molecule has 1 fully saturated rings. The molecule has 3 heteroatoms. The highest BCUT2D eigenvalue weighted by molar-refractivity contribution is 5.46. The largest absolute Gasteiger partial charge is 0.371 e. The van der Waals surface area contributed by atoms with Gasteiger partial charge in [-0.05, 0) is 37.0 Å². The van der Waals surface area contributed by atoms with Crippen molar-refractivity contribution in [3.63, 3.8) is 0 Å². The highest BCUT2D eigenvalue weighted by atomic mass is 19.1. The molecule has 0 unspecified atom stereocenters. The van der Waals surface area contributed by atoms with E-state index >= 15 is 0 Å². The van der Waals surface area contributed by atoms with E-state index in [2.05, 4.69) is 23.6 Å². The van der Waals surface area contributed by atoms with Crippen molar-refractivity contribution in [2.24, 2.45) is 11.3 Å². The molecule has 1 heterocycles. The number of hydrogen-bond donors (Lipinski definition) is 0. The first-order valence-corrected chi connectivity index (χ1v) is 6.91. The second-order valence-corrected chi connectivity index (χ2v) is 5.80. The Labute approximate surface area is 115 Å². The van der Waals surface area contributed by atoms with E-state index in [-0.39, 0.29) is 11.2 Å². The van der Waals surface area contributed by atoms with Crippen LogP contribution in [0.2, 0.25) is 0 Å². The molecule has 0 aromatic heterocycles. The SMILES string of the molecule is [C-]#[N+]CC1(C(C)C)CCN(c2cccc(F)c2)CC1. The fourth-order valence-electron chi connectivity index (χ4n) is 2.96. The first-order valence-electron chi connectivity index (χ1n) is 6.91. The summed E-state index contributed by atoms with van der Waals surface area (Å²) in [6, 6.07) is 6.79. The minimum absolute atomic E-state index is 0.144. The molecule has 19 heavy (non-hydrogen) atoms. The molecule has 1 aromatic rings. The van der Waals surface area contributed by atoms with Crippen molar-refractivity contribution < 1.29 is 4.39 Å². The summed E-state index contributed by atoms with van der Waals surface area (Å²) in [7, 11) is 0. The van der Waals surface area contributed by atoms with E-state index in [1.54, 1.807) is 12.1 Å². The predicted octanol–water partition coefficient (Wildman–Crippen LogP) is 3.99. The zero-order chi connectivity index (χ0) is 13.9. The smallest absolute Gasteiger partial charge is 0.220 e. The summed E-state index contributed by atoms with van der Waals surface area (Å²) in [6.45, 7) is 14.0. The monoisotopic (exact) mass is 260 g/mol. The molecule has 1 aromatic carbocycles. The Bertz CT molecular complexity index is 468. The van der Waals surface area contributed by atoms with Gasteiger partial charge in [-0.2, -0.15) is 0 Å². The standard InChI is InChI=1S/C16H21FN2/c1-13(2)16(12-18-3)7-9-19(10-8-16)15-6-4-5-14(17)11-15/h4-6,11,13H,7-10,12H2,1-2H3. The van der Waals surface area contributed by atoms with E-state index in [1.165, 1.54) is 6.07 Å². The normalized spacial score (nSPS) is 18.4. The fraction of sp³-hybridized carbons (Fsp3) is 0.562. The third kappa shape index (κ3) is 2.89. The topological polar surface area (TPSA) is 7.60 Å². The highest BCUT2D eigenvalue weighted by Crippen LogP contribution is 2.40. The number of halogens is 1. The Morgan fingerprint density at radius 3 is 2.58 bits per heavy atom. The van der Waals surface area contributed by atoms with E-state index in [1.807, 2.05) is 6.07 Å². The van der Waals surface area contributed by atoms with Gasteiger partial charge in [-0.1, -0.05) is 19.9 Å². The summed E-state index contributed by atoms with van der Waals surface area (Å²) < 4.78 is 13.3. The number of anilines is 1. The van der Waals surface area contributed by atoms with Gasteiger partial charge in [0.1, 0.15) is 5.82 Å². The molecule has 0 atom stereocenters. The molecule has 0 spiro atoms. The Morgan fingerprint density at radius 1 is 1.37 bits per heavy atom. The van der Waals surface area contributed by atoms with Crippen LogP contribution in [0.1, 0.15) is 26.7 Å². The molecule has 0 aliphatic carbocycles. The van der Waals surface area contributed by atoms with Gasteiger partial charge >= 0.3 is 0 Å². The zero-order valence-electron chi connectivity index (χ0n) is 11.7. The third-order valence-corrected chi connectivity index (χ3v) is 4.55. The van der Waals surface area contributed by atoms with Crippen LogP contribution in [0.15, 0.2) is 24.3 Å². The van der Waals surface area contributed by atoms with Crippen molar-refractivity contribution in [3.05, 3.63) is 41.5 Å². The lowest BCUT2D eigenvalue weighted by molar-refractivity contribution is 0.161. The molecular weight excluding hydrogens is 239 g/mol. The van der Waals surface area contributed by atoms with Crippen LogP contribution in [-0.2, 0) is 0 Å². The van der Waals surface area contributed by atoms with E-state index in [0.29, 0.717) is 12.5 Å². The lowest BCUT2D eigenvalue weighted by atomic mass is 9.70. The summed E-state index contributed by atoms with van der Waals surface area (Å²) in [5.41, 5.74) is 1.10. The van der Waals surface area contributed by atoms with Crippen molar-refractivity contribution in [2.75, 3.05) is 24.5 Å². The second-order valence-electron chi connectivity index (χ2n) is 5.80. The van der Waals surface area contributed by atoms with Crippen molar-refractivity contribution >= 4 is 5.69 Å². The first-order chi connectivity index (χ1) is 9.07. The van der Waals surface area contributed by atoms with E-state index in [9.17, 15) is 4.39 Å². The number of piperidine rings is 1. The van der Waals surface area contributed by atoms with Crippen molar-refractivity contribution in [1.82, 2.24) is 0 Å². The minimum Gasteiger partial charge on any atom is -0.371 e. The summed E-state index contributed by atoms with van der Waals surface area (Å²) in [5, 5.41) is 0. The van der Waals surface area contributed by atoms with Crippen molar-refractivity contribution in [1.29, 1.82) is 0 Å². The highest BCUT2D eigenvalue weighted by Gasteiger charge is 2.40. The zero-order valence-corrected chi connectivity index (χ0v) is 11.7. The van der Waals surface area contributed by atoms with Gasteiger partial charge in [-0.25, -0.2) is 11.0 Å². The van der Waals surface area contributed by atoms with Crippen LogP contribution in [0.5, 0.6) is 0 Å². The Kier molecular flexibility index (Phi) is 4.09. The predicted molar refractivity (Wildman–Crippen MR) is 76.6 cm³/mol. The van der Waals surface area contributed by atoms with E-state index < -0.39 is 0 Å². The summed E-state index contributed by atoms with van der Waals surface area (Å²) >= 11 is 0. The van der Waals surface area contributed by atoms with E-state index in [4.69, 9.17) is 6.57 Å². The Morgan fingerprint density at radius 2 is 2.05 bits per heavy atom. The molecule has 0 saturated carbocycles. The maximum absolute atomic E-state index is 13.3. The average Bonchev–Trinajstić information content (AvgIpc) is 2.39. The molecule has 0 N–H and O–H groups in total. The Hall–Kier alpha value is -1.56. The van der Waals surface area contributed by atoms with Crippen molar-refractivity contribution in [3.8, 4) is 0 Å². The molecular formula is C16H21FN2. The Balaban J connectivity index is 2.08. The molecule has 102 valence electrons. The van der Waals surface area contributed by atoms with Gasteiger partial charge in [0.25, 0.3) is 0 Å². The summed E-state index contributed by atoms with van der Waals surface area (Å²) in [5.74, 6) is 0.343. The molecule has 1 aliphatic rings. The van der Waals surface area contributed by atoms with Gasteiger partial charge in [0, 0.05) is 24.2 Å². The quantitative estimate of drug-likeness (QED) is 0.746. The molecule has 0 bridgehead atoms. The van der Waals surface area contributed by atoms with Crippen LogP contribution >= 0.6 is 0 Å². The maximum Gasteiger partial charge on any atom is 0.220 e. The van der Waals surface area contributed by atoms with Crippen LogP contribution in [0, 0.1) is 23.7 Å². The molecule has 2 rings (SSSR count). The number of hydrogen-bond acceptors (Lipinski definition) is 1. The average molecular weight is 260 g/mol. The fourth-order valence-corrected chi connectivity index (χ4v) is 2.96. The van der Waals surface area contributed by atoms with E-state index in [0.717, 1.165) is 31.6 Å². The molecule has 1 saturated heterocycles. The summed E-state index contributed by atoms with van der Waals surface area (Å²) in [6.07, 6.45) is 2.03. The van der Waals surface area contributed by atoms with Crippen LogP contribution in [0.3, 0.4) is 0 Å². The second kappa shape index (κ2) is 5.61.